The quantitative estimate of drug-likeness (QED) is 0.563. The molecule has 1 aromatic carbocycles. The molecule has 13 heteroatoms. The molecule has 0 aliphatic heterocycles. The highest BCUT2D eigenvalue weighted by Gasteiger charge is 2.38. The van der Waals surface area contributed by atoms with Crippen LogP contribution in [-0.4, -0.2) is 38.4 Å². The lowest BCUT2D eigenvalue weighted by Crippen LogP contribution is -2.42. The summed E-state index contributed by atoms with van der Waals surface area (Å²) in [5.74, 6) is -2.76. The predicted octanol–water partition coefficient (Wildman–Crippen LogP) is 4.44. The average Bonchev–Trinajstić information content (AvgIpc) is 3.08. The van der Waals surface area contributed by atoms with Crippen LogP contribution in [0, 0.1) is 5.82 Å². The molecule has 166 valence electrons. The molecule has 0 spiro atoms. The normalized spacial score (nSPS) is 14.0. The topological polar surface area (TPSA) is 78.9 Å². The van der Waals surface area contributed by atoms with E-state index in [2.05, 4.69) is 15.1 Å². The van der Waals surface area contributed by atoms with Crippen molar-refractivity contribution in [3.05, 3.63) is 48.3 Å². The number of alkyl halides is 6. The van der Waals surface area contributed by atoms with Gasteiger partial charge < -0.3 is 10.5 Å². The fraction of sp³-hybridized carbons (Fsp3) is 0.278. The van der Waals surface area contributed by atoms with E-state index in [0.717, 1.165) is 42.2 Å². The molecule has 0 aliphatic carbocycles. The molecule has 1 unspecified atom stereocenters. The van der Waals surface area contributed by atoms with E-state index in [1.807, 2.05) is 0 Å². The van der Waals surface area contributed by atoms with Gasteiger partial charge in [-0.25, -0.2) is 32.2 Å². The second kappa shape index (κ2) is 8.04. The number of nitrogens with two attached hydrogens (primary N) is 1. The van der Waals surface area contributed by atoms with Crippen LogP contribution in [0.25, 0.3) is 16.9 Å². The lowest BCUT2D eigenvalue weighted by molar-refractivity contribution is -0.145. The fourth-order valence-corrected chi connectivity index (χ4v) is 2.55. The molecule has 2 N–H and O–H groups in total. The second-order valence-corrected chi connectivity index (χ2v) is 6.65. The van der Waals surface area contributed by atoms with Crippen molar-refractivity contribution < 1.29 is 35.5 Å². The molecule has 31 heavy (non-hydrogen) atoms. The Morgan fingerprint density at radius 2 is 1.74 bits per heavy atom. The second-order valence-electron chi connectivity index (χ2n) is 6.65. The van der Waals surface area contributed by atoms with Crippen LogP contribution in [0.4, 0.5) is 36.6 Å². The van der Waals surface area contributed by atoms with Crippen molar-refractivity contribution >= 4 is 5.82 Å². The third kappa shape index (κ3) is 4.70. The van der Waals surface area contributed by atoms with Gasteiger partial charge in [0, 0.05) is 17.7 Å². The molecule has 0 radical (unpaired) electrons. The summed E-state index contributed by atoms with van der Waals surface area (Å²) in [7, 11) is 0. The Balaban J connectivity index is 2.04. The van der Waals surface area contributed by atoms with Crippen molar-refractivity contribution in [2.45, 2.75) is 25.1 Å². The Bertz CT molecular complexity index is 1070. The van der Waals surface area contributed by atoms with E-state index < -0.39 is 42.3 Å². The monoisotopic (exact) mass is 449 g/mol. The summed E-state index contributed by atoms with van der Waals surface area (Å²) in [4.78, 5) is 6.45. The van der Waals surface area contributed by atoms with Gasteiger partial charge in [-0.1, -0.05) is 0 Å². The zero-order valence-corrected chi connectivity index (χ0v) is 15.7. The Morgan fingerprint density at radius 3 is 2.29 bits per heavy atom. The van der Waals surface area contributed by atoms with Gasteiger partial charge in [-0.05, 0) is 19.1 Å². The molecule has 2 aromatic heterocycles. The number of benzene rings is 1. The van der Waals surface area contributed by atoms with Crippen LogP contribution in [0.15, 0.2) is 36.7 Å². The van der Waals surface area contributed by atoms with Gasteiger partial charge >= 0.3 is 6.18 Å². The first kappa shape index (κ1) is 22.3. The number of nitrogen functional groups attached to an aromatic ring is 1. The predicted molar refractivity (Wildman–Crippen MR) is 95.0 cm³/mol. The van der Waals surface area contributed by atoms with E-state index in [-0.39, 0.29) is 22.8 Å². The van der Waals surface area contributed by atoms with E-state index in [9.17, 15) is 30.7 Å². The highest BCUT2D eigenvalue weighted by Crippen LogP contribution is 2.32. The Morgan fingerprint density at radius 1 is 1.10 bits per heavy atom. The van der Waals surface area contributed by atoms with Crippen molar-refractivity contribution in [2.24, 2.45) is 0 Å². The van der Waals surface area contributed by atoms with Crippen molar-refractivity contribution in [1.82, 2.24) is 19.7 Å². The molecule has 0 saturated heterocycles. The number of aromatic nitrogens is 4. The molecule has 0 fully saturated rings. The number of hydrogen-bond donors (Lipinski definition) is 1. The summed E-state index contributed by atoms with van der Waals surface area (Å²) in [6, 6.07) is 4.17. The smallest absolute Gasteiger partial charge is 0.451 e. The molecule has 3 aromatic rings. The zero-order valence-electron chi connectivity index (χ0n) is 15.7. The maximum atomic E-state index is 14.1. The first-order valence-electron chi connectivity index (χ1n) is 8.52. The van der Waals surface area contributed by atoms with Gasteiger partial charge in [0.25, 0.3) is 6.43 Å². The van der Waals surface area contributed by atoms with Gasteiger partial charge in [0.05, 0.1) is 18.1 Å². The summed E-state index contributed by atoms with van der Waals surface area (Å²) < 4.78 is 97.5. The third-order valence-electron chi connectivity index (χ3n) is 4.11. The minimum Gasteiger partial charge on any atom is -0.479 e. The van der Waals surface area contributed by atoms with E-state index in [1.165, 1.54) is 6.07 Å². The van der Waals surface area contributed by atoms with Gasteiger partial charge in [0.2, 0.25) is 5.82 Å². The van der Waals surface area contributed by atoms with Gasteiger partial charge in [0.15, 0.2) is 5.60 Å². The van der Waals surface area contributed by atoms with Crippen molar-refractivity contribution in [3.63, 3.8) is 0 Å². The number of rotatable bonds is 6. The Kier molecular flexibility index (Phi) is 5.79. The molecule has 0 saturated carbocycles. The van der Waals surface area contributed by atoms with Crippen LogP contribution >= 0.6 is 0 Å². The highest BCUT2D eigenvalue weighted by molar-refractivity contribution is 5.66. The minimum atomic E-state index is -4.76. The summed E-state index contributed by atoms with van der Waals surface area (Å²) in [6.45, 7) is -0.714. The Hall–Kier alpha value is -3.38. The molecule has 3 rings (SSSR count). The third-order valence-corrected chi connectivity index (χ3v) is 4.11. The maximum absolute atomic E-state index is 14.1. The van der Waals surface area contributed by atoms with Gasteiger partial charge in [0.1, 0.15) is 29.7 Å². The summed E-state index contributed by atoms with van der Waals surface area (Å²) in [6.07, 6.45) is -6.29. The molecular weight excluding hydrogens is 435 g/mol. The van der Waals surface area contributed by atoms with Crippen LogP contribution in [0.2, 0.25) is 0 Å². The number of ether oxygens (including phenoxy) is 1. The fourth-order valence-electron chi connectivity index (χ4n) is 2.55. The largest absolute Gasteiger partial charge is 0.479 e. The van der Waals surface area contributed by atoms with Gasteiger partial charge in [-0.15, -0.1) is 5.10 Å². The molecule has 2 heterocycles. The average molecular weight is 449 g/mol. The van der Waals surface area contributed by atoms with E-state index in [1.54, 1.807) is 0 Å². The van der Waals surface area contributed by atoms with Crippen LogP contribution in [0.3, 0.4) is 0 Å². The number of nitrogens with zero attached hydrogens (tertiary/aromatic N) is 4. The standard InChI is InChI=1S/C18H14F7N5O/c1-17(8-19,15(21)22)31-12-3-9(2-10(20)4-12)13-5-14(26)29-30(13)11-6-27-16(28-7-11)18(23,24)25/h2-7,15H,8H2,1H3,(H2,26,29). The van der Waals surface area contributed by atoms with Crippen molar-refractivity contribution in [3.8, 4) is 22.7 Å². The summed E-state index contributed by atoms with van der Waals surface area (Å²) in [5, 5.41) is 3.92. The maximum Gasteiger partial charge on any atom is 0.451 e. The lowest BCUT2D eigenvalue weighted by atomic mass is 10.1. The van der Waals surface area contributed by atoms with E-state index in [0.29, 0.717) is 0 Å². The van der Waals surface area contributed by atoms with Crippen molar-refractivity contribution in [2.75, 3.05) is 12.4 Å². The molecular formula is C18H14F7N5O. The first-order chi connectivity index (χ1) is 14.4. The molecule has 0 amide bonds. The zero-order chi connectivity index (χ0) is 23.0. The SMILES string of the molecule is CC(CF)(Oc1cc(F)cc(-c2cc(N)nn2-c2cnc(C(F)(F)F)nc2)c1)C(F)F. The van der Waals surface area contributed by atoms with Gasteiger partial charge in [-0.3, -0.25) is 0 Å². The summed E-state index contributed by atoms with van der Waals surface area (Å²) >= 11 is 0. The van der Waals surface area contributed by atoms with Gasteiger partial charge in [-0.2, -0.15) is 13.2 Å². The first-order valence-corrected chi connectivity index (χ1v) is 8.52. The van der Waals surface area contributed by atoms with Crippen molar-refractivity contribution in [1.29, 1.82) is 0 Å². The van der Waals surface area contributed by atoms with Crippen LogP contribution in [0.5, 0.6) is 5.75 Å². The van der Waals surface area contributed by atoms with Crippen LogP contribution < -0.4 is 10.5 Å². The minimum absolute atomic E-state index is 0.0228. The highest BCUT2D eigenvalue weighted by atomic mass is 19.4. The van der Waals surface area contributed by atoms with E-state index >= 15 is 0 Å². The molecule has 0 bridgehead atoms. The van der Waals surface area contributed by atoms with Crippen LogP contribution in [0.1, 0.15) is 12.7 Å². The Labute approximate surface area is 170 Å². The summed E-state index contributed by atoms with van der Waals surface area (Å²) in [5.41, 5.74) is 3.22. The number of halogens is 7. The van der Waals surface area contributed by atoms with Crippen LogP contribution in [-0.2, 0) is 6.18 Å². The molecule has 1 atom stereocenters. The number of anilines is 1. The lowest BCUT2D eigenvalue weighted by Gasteiger charge is -2.27. The molecule has 0 aliphatic rings. The molecule has 6 nitrogen and oxygen atoms in total. The number of hydrogen-bond acceptors (Lipinski definition) is 5. The van der Waals surface area contributed by atoms with E-state index in [4.69, 9.17) is 10.5 Å².